The summed E-state index contributed by atoms with van der Waals surface area (Å²) < 4.78 is 67.9. The largest absolute Gasteiger partial charge is 0.490 e. The Hall–Kier alpha value is -2.19. The number of hydrogen-bond acceptors (Lipinski definition) is 5. The fraction of sp³-hybridized carbons (Fsp3) is 0.435. The van der Waals surface area contributed by atoms with Gasteiger partial charge in [-0.1, -0.05) is 18.5 Å². The average molecular weight is 483 g/mol. The van der Waals surface area contributed by atoms with Gasteiger partial charge in [-0.05, 0) is 55.7 Å². The van der Waals surface area contributed by atoms with Gasteiger partial charge in [0, 0.05) is 16.9 Å². The Balaban J connectivity index is 1.80. The molecule has 0 amide bonds. The van der Waals surface area contributed by atoms with Crippen LogP contribution in [0.1, 0.15) is 31.7 Å². The SMILES string of the molecule is CC[C@H]1C(=O)O[C@H]2CC[C@@]3(S(=O)(=O)c4ccc(Cl)cc4)c4c(F)ccc(F)c4OC[C@H]3[C@H]21. The van der Waals surface area contributed by atoms with Crippen LogP contribution in [0, 0.1) is 29.4 Å². The molecule has 1 saturated carbocycles. The van der Waals surface area contributed by atoms with Crippen molar-refractivity contribution in [2.24, 2.45) is 17.8 Å². The van der Waals surface area contributed by atoms with Crippen LogP contribution in [0.2, 0.25) is 5.02 Å². The number of hydrogen-bond donors (Lipinski definition) is 0. The standard InChI is InChI=1S/C23H21ClF2O5S/c1-2-14-19-15-11-30-21-17(26)8-7-16(25)20(21)23(15,10-9-18(19)31-22(14)27)32(28,29)13-5-3-12(24)4-6-13/h3-8,14-15,18-19H,2,9-11H2,1H3/t14-,15+,18+,19-,23+/m1/s1. The van der Waals surface area contributed by atoms with Crippen molar-refractivity contribution in [2.45, 2.75) is 41.9 Å². The van der Waals surface area contributed by atoms with Gasteiger partial charge < -0.3 is 9.47 Å². The Kier molecular flexibility index (Phi) is 5.02. The third-order valence-corrected chi connectivity index (χ3v) is 10.1. The zero-order chi connectivity index (χ0) is 22.8. The highest BCUT2D eigenvalue weighted by Gasteiger charge is 2.66. The molecule has 2 fully saturated rings. The van der Waals surface area contributed by atoms with E-state index in [4.69, 9.17) is 21.1 Å². The van der Waals surface area contributed by atoms with Crippen LogP contribution in [0.15, 0.2) is 41.3 Å². The summed E-state index contributed by atoms with van der Waals surface area (Å²) in [4.78, 5) is 12.5. The van der Waals surface area contributed by atoms with Crippen LogP contribution in [0.4, 0.5) is 8.78 Å². The zero-order valence-corrected chi connectivity index (χ0v) is 18.8. The minimum absolute atomic E-state index is 0.0236. The number of benzene rings is 2. The molecule has 2 aromatic rings. The maximum Gasteiger partial charge on any atom is 0.309 e. The molecule has 0 radical (unpaired) electrons. The molecule has 3 aliphatic rings. The van der Waals surface area contributed by atoms with Crippen LogP contribution in [-0.2, 0) is 24.1 Å². The van der Waals surface area contributed by atoms with Gasteiger partial charge in [0.05, 0.1) is 23.0 Å². The summed E-state index contributed by atoms with van der Waals surface area (Å²) in [7, 11) is -4.25. The molecule has 0 bridgehead atoms. The summed E-state index contributed by atoms with van der Waals surface area (Å²) in [6, 6.07) is 7.50. The van der Waals surface area contributed by atoms with Gasteiger partial charge in [-0.3, -0.25) is 4.79 Å². The number of carbonyl (C=O) groups excluding carboxylic acids is 1. The van der Waals surface area contributed by atoms with E-state index in [9.17, 15) is 17.6 Å². The number of esters is 1. The van der Waals surface area contributed by atoms with E-state index in [1.165, 1.54) is 24.3 Å². The normalized spacial score (nSPS) is 31.2. The molecule has 5 nitrogen and oxygen atoms in total. The maximum absolute atomic E-state index is 15.3. The molecule has 32 heavy (non-hydrogen) atoms. The first-order chi connectivity index (χ1) is 15.2. The zero-order valence-electron chi connectivity index (χ0n) is 17.2. The van der Waals surface area contributed by atoms with Crippen molar-refractivity contribution >= 4 is 27.4 Å². The van der Waals surface area contributed by atoms with Crippen molar-refractivity contribution in [1.29, 1.82) is 0 Å². The maximum atomic E-state index is 15.3. The van der Waals surface area contributed by atoms with Crippen LogP contribution in [0.5, 0.6) is 5.75 Å². The first kappa shape index (κ1) is 21.6. The van der Waals surface area contributed by atoms with Crippen molar-refractivity contribution in [3.63, 3.8) is 0 Å². The quantitative estimate of drug-likeness (QED) is 0.595. The van der Waals surface area contributed by atoms with Crippen LogP contribution in [0.3, 0.4) is 0 Å². The number of carbonyl (C=O) groups is 1. The molecule has 1 aliphatic carbocycles. The van der Waals surface area contributed by atoms with Crippen molar-refractivity contribution < 1.29 is 31.5 Å². The van der Waals surface area contributed by atoms with E-state index >= 15 is 4.39 Å². The van der Waals surface area contributed by atoms with Gasteiger partial charge >= 0.3 is 5.97 Å². The molecule has 0 N–H and O–H groups in total. The third kappa shape index (κ3) is 2.78. The molecule has 2 aliphatic heterocycles. The minimum Gasteiger partial charge on any atom is -0.490 e. The molecule has 1 saturated heterocycles. The second-order valence-electron chi connectivity index (χ2n) is 8.60. The Labute approximate surface area is 189 Å². The van der Waals surface area contributed by atoms with Crippen LogP contribution >= 0.6 is 11.6 Å². The van der Waals surface area contributed by atoms with E-state index in [0.29, 0.717) is 11.4 Å². The molecular weight excluding hydrogens is 462 g/mol. The minimum atomic E-state index is -4.25. The summed E-state index contributed by atoms with van der Waals surface area (Å²) in [5, 5.41) is 0.354. The predicted molar refractivity (Wildman–Crippen MR) is 112 cm³/mol. The number of sulfone groups is 1. The van der Waals surface area contributed by atoms with Crippen molar-refractivity contribution in [3.05, 3.63) is 58.6 Å². The number of fused-ring (bicyclic) bond motifs is 5. The van der Waals surface area contributed by atoms with Crippen LogP contribution in [-0.4, -0.2) is 27.1 Å². The van der Waals surface area contributed by atoms with Gasteiger partial charge in [-0.25, -0.2) is 17.2 Å². The molecule has 5 atom stereocenters. The summed E-state index contributed by atoms with van der Waals surface area (Å²) in [5.74, 6) is -4.24. The number of ether oxygens (including phenoxy) is 2. The first-order valence-corrected chi connectivity index (χ1v) is 12.4. The lowest BCUT2D eigenvalue weighted by Crippen LogP contribution is -2.57. The Morgan fingerprint density at radius 3 is 2.50 bits per heavy atom. The predicted octanol–water partition coefficient (Wildman–Crippen LogP) is 4.66. The molecule has 170 valence electrons. The van der Waals surface area contributed by atoms with Gasteiger partial charge in [0.2, 0.25) is 0 Å². The fourth-order valence-electron chi connectivity index (χ4n) is 5.90. The molecule has 9 heteroatoms. The van der Waals surface area contributed by atoms with E-state index in [-0.39, 0.29) is 41.6 Å². The van der Waals surface area contributed by atoms with Gasteiger partial charge in [0.25, 0.3) is 0 Å². The van der Waals surface area contributed by atoms with Crippen molar-refractivity contribution in [1.82, 2.24) is 0 Å². The van der Waals surface area contributed by atoms with Gasteiger partial charge in [0.15, 0.2) is 21.4 Å². The molecule has 2 aromatic carbocycles. The van der Waals surface area contributed by atoms with E-state index in [0.717, 1.165) is 12.1 Å². The topological polar surface area (TPSA) is 69.7 Å². The van der Waals surface area contributed by atoms with Gasteiger partial charge in [-0.2, -0.15) is 0 Å². The van der Waals surface area contributed by atoms with E-state index in [1.54, 1.807) is 0 Å². The van der Waals surface area contributed by atoms with E-state index < -0.39 is 50.1 Å². The molecule has 2 heterocycles. The second-order valence-corrected chi connectivity index (χ2v) is 11.2. The Bertz CT molecular complexity index is 1200. The molecule has 0 spiro atoms. The smallest absolute Gasteiger partial charge is 0.309 e. The molecule has 0 aromatic heterocycles. The Morgan fingerprint density at radius 1 is 1.12 bits per heavy atom. The summed E-state index contributed by atoms with van der Waals surface area (Å²) in [5.41, 5.74) is -0.295. The number of halogens is 3. The van der Waals surface area contributed by atoms with Crippen molar-refractivity contribution in [3.8, 4) is 5.75 Å². The lowest BCUT2D eigenvalue weighted by Gasteiger charge is -2.51. The fourth-order valence-corrected chi connectivity index (χ4v) is 8.41. The highest BCUT2D eigenvalue weighted by Crippen LogP contribution is 2.61. The Morgan fingerprint density at radius 2 is 1.81 bits per heavy atom. The average Bonchev–Trinajstić information content (AvgIpc) is 3.11. The van der Waals surface area contributed by atoms with Crippen molar-refractivity contribution in [2.75, 3.05) is 6.61 Å². The summed E-state index contributed by atoms with van der Waals surface area (Å²) >= 11 is 5.96. The summed E-state index contributed by atoms with van der Waals surface area (Å²) in [6.45, 7) is 1.67. The monoisotopic (exact) mass is 482 g/mol. The van der Waals surface area contributed by atoms with E-state index in [2.05, 4.69) is 0 Å². The summed E-state index contributed by atoms with van der Waals surface area (Å²) in [6.07, 6.45) is 0.176. The highest BCUT2D eigenvalue weighted by molar-refractivity contribution is 7.92. The van der Waals surface area contributed by atoms with Gasteiger partial charge in [-0.15, -0.1) is 0 Å². The molecular formula is C23H21ClF2O5S. The van der Waals surface area contributed by atoms with Crippen LogP contribution in [0.25, 0.3) is 0 Å². The lowest BCUT2D eigenvalue weighted by atomic mass is 9.63. The lowest BCUT2D eigenvalue weighted by molar-refractivity contribution is -0.144. The van der Waals surface area contributed by atoms with Crippen LogP contribution < -0.4 is 4.74 Å². The molecule has 0 unspecified atom stereocenters. The first-order valence-electron chi connectivity index (χ1n) is 10.5. The van der Waals surface area contributed by atoms with Gasteiger partial charge in [0.1, 0.15) is 16.7 Å². The van der Waals surface area contributed by atoms with E-state index in [1.807, 2.05) is 6.92 Å². The molecule has 5 rings (SSSR count). The highest BCUT2D eigenvalue weighted by atomic mass is 35.5. The second kappa shape index (κ2) is 7.42. The third-order valence-electron chi connectivity index (χ3n) is 7.26. The number of rotatable bonds is 3.